The van der Waals surface area contributed by atoms with E-state index in [-0.39, 0.29) is 23.8 Å². The fourth-order valence-electron chi connectivity index (χ4n) is 3.80. The van der Waals surface area contributed by atoms with Crippen LogP contribution < -0.4 is 5.32 Å². The molecule has 0 radical (unpaired) electrons. The Morgan fingerprint density at radius 1 is 1.03 bits per heavy atom. The van der Waals surface area contributed by atoms with Crippen molar-refractivity contribution in [2.24, 2.45) is 5.92 Å². The van der Waals surface area contributed by atoms with Crippen LogP contribution in [0.5, 0.6) is 0 Å². The summed E-state index contributed by atoms with van der Waals surface area (Å²) in [6.07, 6.45) is 0. The molecule has 0 saturated carbocycles. The van der Waals surface area contributed by atoms with E-state index in [2.05, 4.69) is 30.1 Å². The molecule has 1 saturated heterocycles. The maximum Gasteiger partial charge on any atom is 0.256 e. The van der Waals surface area contributed by atoms with E-state index >= 15 is 0 Å². The normalized spacial score (nSPS) is 15.7. The number of hydrogen-bond donors (Lipinski definition) is 1. The molecule has 1 fully saturated rings. The van der Waals surface area contributed by atoms with Crippen LogP contribution in [-0.2, 0) is 0 Å². The highest BCUT2D eigenvalue weighted by atomic mass is 32.1. The van der Waals surface area contributed by atoms with Crippen LogP contribution in [0, 0.1) is 17.2 Å². The summed E-state index contributed by atoms with van der Waals surface area (Å²) in [5.41, 5.74) is 2.27. The minimum atomic E-state index is -0.217. The Bertz CT molecular complexity index is 951. The van der Waals surface area contributed by atoms with E-state index in [1.807, 2.05) is 43.5 Å². The Balaban J connectivity index is 1.64. The highest BCUT2D eigenvalue weighted by Crippen LogP contribution is 2.26. The van der Waals surface area contributed by atoms with Gasteiger partial charge in [-0.05, 0) is 41.0 Å². The lowest BCUT2D eigenvalue weighted by molar-refractivity contribution is 0.0578. The largest absolute Gasteiger partial charge is 0.336 e. The lowest BCUT2D eigenvalue weighted by atomic mass is 10.0. The van der Waals surface area contributed by atoms with Gasteiger partial charge in [-0.15, -0.1) is 11.3 Å². The summed E-state index contributed by atoms with van der Waals surface area (Å²) in [6.45, 7) is 10.8. The predicted molar refractivity (Wildman–Crippen MR) is 125 cm³/mol. The highest BCUT2D eigenvalue weighted by Gasteiger charge is 2.29. The van der Waals surface area contributed by atoms with Crippen LogP contribution >= 0.6 is 11.3 Å². The molecule has 2 heterocycles. The average molecular weight is 439 g/mol. The number of nitrogens with one attached hydrogen (secondary N) is 1. The molecule has 2 amide bonds. The number of carbonyl (C=O) groups excluding carboxylic acids is 2. The molecule has 7 heteroatoms. The number of benzene rings is 1. The molecule has 1 atom stereocenters. The molecule has 0 aliphatic carbocycles. The number of rotatable bonds is 6. The van der Waals surface area contributed by atoms with Gasteiger partial charge < -0.3 is 10.2 Å². The average Bonchev–Trinajstić information content (AvgIpc) is 3.22. The van der Waals surface area contributed by atoms with Gasteiger partial charge in [-0.1, -0.05) is 39.8 Å². The van der Waals surface area contributed by atoms with Gasteiger partial charge in [0, 0.05) is 31.7 Å². The first-order valence-electron chi connectivity index (χ1n) is 10.7. The van der Waals surface area contributed by atoms with Crippen molar-refractivity contribution in [1.29, 1.82) is 5.26 Å². The van der Waals surface area contributed by atoms with E-state index in [1.165, 1.54) is 16.9 Å². The van der Waals surface area contributed by atoms with Crippen molar-refractivity contribution >= 4 is 28.2 Å². The molecule has 3 rings (SSSR count). The van der Waals surface area contributed by atoms with E-state index in [1.54, 1.807) is 11.0 Å². The highest BCUT2D eigenvalue weighted by molar-refractivity contribution is 7.14. The lowest BCUT2D eigenvalue weighted by Crippen LogP contribution is -2.52. The Morgan fingerprint density at radius 3 is 2.23 bits per heavy atom. The molecule has 0 spiro atoms. The number of nitrogens with zero attached hydrogens (tertiary/aromatic N) is 3. The monoisotopic (exact) mass is 438 g/mol. The number of nitriles is 1. The molecule has 1 aliphatic heterocycles. The van der Waals surface area contributed by atoms with Gasteiger partial charge in [0.1, 0.15) is 11.0 Å². The molecule has 0 bridgehead atoms. The zero-order chi connectivity index (χ0) is 22.5. The summed E-state index contributed by atoms with van der Waals surface area (Å²) in [5.74, 6) is 0.360. The molecule has 164 valence electrons. The van der Waals surface area contributed by atoms with Crippen LogP contribution in [0.15, 0.2) is 35.7 Å². The first kappa shape index (κ1) is 23.0. The number of piperazine rings is 1. The van der Waals surface area contributed by atoms with Crippen LogP contribution in [0.2, 0.25) is 0 Å². The summed E-state index contributed by atoms with van der Waals surface area (Å²) >= 11 is 1.35. The number of anilines is 1. The molecule has 1 N–H and O–H groups in total. The maximum atomic E-state index is 13.1. The maximum absolute atomic E-state index is 13.1. The van der Waals surface area contributed by atoms with Crippen molar-refractivity contribution in [2.75, 3.05) is 31.5 Å². The van der Waals surface area contributed by atoms with Crippen LogP contribution in [0.25, 0.3) is 0 Å². The Morgan fingerprint density at radius 2 is 1.68 bits per heavy atom. The summed E-state index contributed by atoms with van der Waals surface area (Å²) in [6, 6.07) is 11.6. The van der Waals surface area contributed by atoms with Crippen molar-refractivity contribution in [3.8, 4) is 6.07 Å². The van der Waals surface area contributed by atoms with Crippen molar-refractivity contribution in [3.05, 3.63) is 52.4 Å². The van der Waals surface area contributed by atoms with Gasteiger partial charge in [-0.25, -0.2) is 0 Å². The minimum Gasteiger partial charge on any atom is -0.336 e. The van der Waals surface area contributed by atoms with Crippen molar-refractivity contribution < 1.29 is 9.59 Å². The van der Waals surface area contributed by atoms with Crippen LogP contribution in [0.4, 0.5) is 5.00 Å². The number of carbonyl (C=O) groups is 2. The predicted octanol–water partition coefficient (Wildman–Crippen LogP) is 4.43. The molecule has 6 nitrogen and oxygen atoms in total. The molecule has 1 aromatic carbocycles. The van der Waals surface area contributed by atoms with Gasteiger partial charge in [0.2, 0.25) is 0 Å². The third kappa shape index (κ3) is 5.33. The Labute approximate surface area is 188 Å². The van der Waals surface area contributed by atoms with E-state index < -0.39 is 0 Å². The topological polar surface area (TPSA) is 76.4 Å². The molecule has 1 aromatic heterocycles. The number of thiophene rings is 1. The van der Waals surface area contributed by atoms with Gasteiger partial charge >= 0.3 is 0 Å². The van der Waals surface area contributed by atoms with Crippen molar-refractivity contribution in [3.63, 3.8) is 0 Å². The van der Waals surface area contributed by atoms with Crippen molar-refractivity contribution in [1.82, 2.24) is 9.80 Å². The molecule has 2 aromatic rings. The lowest BCUT2D eigenvalue weighted by Gasteiger charge is -2.38. The third-order valence-electron chi connectivity index (χ3n) is 5.72. The summed E-state index contributed by atoms with van der Waals surface area (Å²) in [7, 11) is 0. The van der Waals surface area contributed by atoms with Gasteiger partial charge in [0.15, 0.2) is 0 Å². The van der Waals surface area contributed by atoms with Gasteiger partial charge in [-0.3, -0.25) is 14.5 Å². The second-order valence-corrected chi connectivity index (χ2v) is 9.46. The first-order valence-corrected chi connectivity index (χ1v) is 11.6. The second kappa shape index (κ2) is 10.1. The fourth-order valence-corrected chi connectivity index (χ4v) is 4.57. The van der Waals surface area contributed by atoms with Crippen LogP contribution in [0.3, 0.4) is 0 Å². The Kier molecular flexibility index (Phi) is 7.47. The van der Waals surface area contributed by atoms with Gasteiger partial charge in [0.05, 0.1) is 11.6 Å². The second-order valence-electron chi connectivity index (χ2n) is 8.54. The molecule has 31 heavy (non-hydrogen) atoms. The molecule has 1 unspecified atom stereocenters. The molecular formula is C24H30N4O2S. The van der Waals surface area contributed by atoms with Gasteiger partial charge in [-0.2, -0.15) is 5.26 Å². The zero-order valence-corrected chi connectivity index (χ0v) is 19.4. The standard InChI is InChI=1S/C24H30N4O2S/c1-16(2)18-5-7-19(8-6-18)22(29)26-23-20(9-14-31-23)24(30)28-12-10-27(11-13-28)21(15-25)17(3)4/h5-9,14,16-17,21H,10-13H2,1-4H3,(H,26,29). The van der Waals surface area contributed by atoms with E-state index in [9.17, 15) is 14.9 Å². The van der Waals surface area contributed by atoms with Crippen LogP contribution in [0.1, 0.15) is 59.9 Å². The quantitative estimate of drug-likeness (QED) is 0.724. The summed E-state index contributed by atoms with van der Waals surface area (Å²) in [4.78, 5) is 29.7. The SMILES string of the molecule is CC(C)c1ccc(C(=O)Nc2sccc2C(=O)N2CCN(C(C#N)C(C)C)CC2)cc1. The number of hydrogen-bond acceptors (Lipinski definition) is 5. The first-order chi connectivity index (χ1) is 14.8. The fraction of sp³-hybridized carbons (Fsp3) is 0.458. The van der Waals surface area contributed by atoms with E-state index in [0.717, 1.165) is 0 Å². The Hall–Kier alpha value is -2.69. The molecular weight excluding hydrogens is 408 g/mol. The zero-order valence-electron chi connectivity index (χ0n) is 18.6. The van der Waals surface area contributed by atoms with E-state index in [4.69, 9.17) is 0 Å². The smallest absolute Gasteiger partial charge is 0.256 e. The minimum absolute atomic E-state index is 0.0792. The number of amides is 2. The van der Waals surface area contributed by atoms with Crippen molar-refractivity contribution in [2.45, 2.75) is 39.7 Å². The molecule has 1 aliphatic rings. The third-order valence-corrected chi connectivity index (χ3v) is 6.55. The van der Waals surface area contributed by atoms with Gasteiger partial charge in [0.25, 0.3) is 11.8 Å². The summed E-state index contributed by atoms with van der Waals surface area (Å²) < 4.78 is 0. The van der Waals surface area contributed by atoms with E-state index in [0.29, 0.717) is 48.2 Å². The summed E-state index contributed by atoms with van der Waals surface area (Å²) in [5, 5.41) is 14.7. The van der Waals surface area contributed by atoms with Crippen LogP contribution in [-0.4, -0.2) is 53.8 Å².